The first-order valence-electron chi connectivity index (χ1n) is 5.37. The van der Waals surface area contributed by atoms with Gasteiger partial charge in [-0.1, -0.05) is 6.92 Å². The van der Waals surface area contributed by atoms with Gasteiger partial charge in [-0.3, -0.25) is 9.59 Å². The van der Waals surface area contributed by atoms with Crippen molar-refractivity contribution in [3.05, 3.63) is 0 Å². The third-order valence-electron chi connectivity index (χ3n) is 1.75. The Kier molecular flexibility index (Phi) is 5.33. The summed E-state index contributed by atoms with van der Waals surface area (Å²) >= 11 is 0. The molecule has 1 atom stereocenters. The van der Waals surface area contributed by atoms with Crippen LogP contribution < -0.4 is 10.6 Å². The van der Waals surface area contributed by atoms with Gasteiger partial charge in [-0.15, -0.1) is 0 Å². The highest BCUT2D eigenvalue weighted by atomic mass is 16.2. The molecule has 0 aliphatic rings. The van der Waals surface area contributed by atoms with E-state index in [1.54, 1.807) is 6.92 Å². The van der Waals surface area contributed by atoms with E-state index in [4.69, 9.17) is 0 Å². The van der Waals surface area contributed by atoms with E-state index in [1.165, 1.54) is 0 Å². The van der Waals surface area contributed by atoms with Gasteiger partial charge in [0.1, 0.15) is 6.04 Å². The van der Waals surface area contributed by atoms with Gasteiger partial charge >= 0.3 is 0 Å². The van der Waals surface area contributed by atoms with Crippen LogP contribution in [0.3, 0.4) is 0 Å². The first kappa shape index (κ1) is 13.9. The van der Waals surface area contributed by atoms with Gasteiger partial charge in [0.2, 0.25) is 11.8 Å². The topological polar surface area (TPSA) is 58.2 Å². The van der Waals surface area contributed by atoms with Gasteiger partial charge in [-0.05, 0) is 34.1 Å². The minimum atomic E-state index is -0.469. The van der Waals surface area contributed by atoms with Gasteiger partial charge in [0, 0.05) is 12.0 Å². The summed E-state index contributed by atoms with van der Waals surface area (Å²) in [4.78, 5) is 22.8. The molecule has 4 nitrogen and oxygen atoms in total. The summed E-state index contributed by atoms with van der Waals surface area (Å²) in [6.45, 7) is 9.34. The second-order valence-electron chi connectivity index (χ2n) is 4.78. The third kappa shape index (κ3) is 6.94. The Morgan fingerprint density at radius 1 is 1.27 bits per heavy atom. The third-order valence-corrected chi connectivity index (χ3v) is 1.75. The Hall–Kier alpha value is -1.06. The fraction of sp³-hybridized carbons (Fsp3) is 0.818. The van der Waals surface area contributed by atoms with Gasteiger partial charge in [-0.25, -0.2) is 0 Å². The second kappa shape index (κ2) is 5.73. The molecule has 0 rings (SSSR count). The van der Waals surface area contributed by atoms with E-state index in [0.717, 1.165) is 6.42 Å². The number of carbonyl (C=O) groups excluding carboxylic acids is 2. The standard InChI is InChI=1S/C11H22N2O2/c1-6-7-9(14)12-8(2)10(15)13-11(3,4)5/h8H,6-7H2,1-5H3,(H,12,14)(H,13,15). The largest absolute Gasteiger partial charge is 0.350 e. The molecule has 0 aliphatic heterocycles. The van der Waals surface area contributed by atoms with Gasteiger partial charge in [0.05, 0.1) is 0 Å². The Morgan fingerprint density at radius 3 is 2.20 bits per heavy atom. The van der Waals surface area contributed by atoms with Crippen LogP contribution in [0, 0.1) is 0 Å². The molecule has 1 unspecified atom stereocenters. The summed E-state index contributed by atoms with van der Waals surface area (Å²) in [5, 5.41) is 5.46. The zero-order valence-electron chi connectivity index (χ0n) is 10.3. The number of hydrogen-bond donors (Lipinski definition) is 2. The molecule has 0 saturated carbocycles. The van der Waals surface area contributed by atoms with Crippen molar-refractivity contribution in [2.75, 3.05) is 0 Å². The molecule has 2 amide bonds. The second-order valence-corrected chi connectivity index (χ2v) is 4.78. The molecule has 88 valence electrons. The molecule has 0 aromatic heterocycles. The van der Waals surface area contributed by atoms with Crippen LogP contribution in [-0.2, 0) is 9.59 Å². The van der Waals surface area contributed by atoms with Crippen LogP contribution in [0.2, 0.25) is 0 Å². The van der Waals surface area contributed by atoms with Crippen molar-refractivity contribution < 1.29 is 9.59 Å². The number of rotatable bonds is 4. The highest BCUT2D eigenvalue weighted by Crippen LogP contribution is 1.99. The van der Waals surface area contributed by atoms with Gasteiger partial charge in [0.15, 0.2) is 0 Å². The van der Waals surface area contributed by atoms with Crippen molar-refractivity contribution >= 4 is 11.8 Å². The van der Waals surface area contributed by atoms with E-state index in [2.05, 4.69) is 10.6 Å². The molecule has 0 aromatic rings. The summed E-state index contributed by atoms with van der Waals surface area (Å²) in [5.41, 5.74) is -0.263. The first-order valence-corrected chi connectivity index (χ1v) is 5.37. The minimum absolute atomic E-state index is 0.0749. The highest BCUT2D eigenvalue weighted by molar-refractivity contribution is 5.87. The van der Waals surface area contributed by atoms with Crippen LogP contribution in [-0.4, -0.2) is 23.4 Å². The normalized spacial score (nSPS) is 13.1. The Morgan fingerprint density at radius 2 is 1.80 bits per heavy atom. The number of carbonyl (C=O) groups is 2. The summed E-state index contributed by atoms with van der Waals surface area (Å²) in [6, 6.07) is -0.469. The maximum absolute atomic E-state index is 11.6. The molecule has 0 radical (unpaired) electrons. The Bertz CT molecular complexity index is 231. The van der Waals surface area contributed by atoms with E-state index in [9.17, 15) is 9.59 Å². The molecule has 15 heavy (non-hydrogen) atoms. The van der Waals surface area contributed by atoms with Gasteiger partial charge in [0.25, 0.3) is 0 Å². The van der Waals surface area contributed by atoms with Gasteiger partial charge in [-0.2, -0.15) is 0 Å². The molecule has 0 bridgehead atoms. The van der Waals surface area contributed by atoms with Crippen LogP contribution in [0.15, 0.2) is 0 Å². The average molecular weight is 214 g/mol. The van der Waals surface area contributed by atoms with E-state index in [1.807, 2.05) is 27.7 Å². The molecule has 0 aliphatic carbocycles. The molecular formula is C11H22N2O2. The van der Waals surface area contributed by atoms with Crippen molar-refractivity contribution in [1.29, 1.82) is 0 Å². The summed E-state index contributed by atoms with van der Waals surface area (Å²) in [6.07, 6.45) is 1.26. The van der Waals surface area contributed by atoms with Crippen LogP contribution in [0.4, 0.5) is 0 Å². The first-order chi connectivity index (χ1) is 6.76. The lowest BCUT2D eigenvalue weighted by molar-refractivity contribution is -0.129. The molecular weight excluding hydrogens is 192 g/mol. The van der Waals surface area contributed by atoms with E-state index in [0.29, 0.717) is 6.42 Å². The lowest BCUT2D eigenvalue weighted by Gasteiger charge is -2.23. The molecule has 0 fully saturated rings. The maximum Gasteiger partial charge on any atom is 0.242 e. The molecule has 4 heteroatoms. The zero-order chi connectivity index (χ0) is 12.1. The lowest BCUT2D eigenvalue weighted by Crippen LogP contribution is -2.50. The number of nitrogens with one attached hydrogen (secondary N) is 2. The van der Waals surface area contributed by atoms with Crippen LogP contribution in [0.5, 0.6) is 0 Å². The van der Waals surface area contributed by atoms with E-state index < -0.39 is 6.04 Å². The molecule has 0 heterocycles. The molecule has 0 aromatic carbocycles. The molecule has 0 saturated heterocycles. The fourth-order valence-electron chi connectivity index (χ4n) is 1.08. The maximum atomic E-state index is 11.6. The van der Waals surface area contributed by atoms with E-state index in [-0.39, 0.29) is 17.4 Å². The Labute approximate surface area is 91.8 Å². The SMILES string of the molecule is CCCC(=O)NC(C)C(=O)NC(C)(C)C. The molecule has 0 spiro atoms. The van der Waals surface area contributed by atoms with E-state index >= 15 is 0 Å². The van der Waals surface area contributed by atoms with Crippen molar-refractivity contribution in [3.63, 3.8) is 0 Å². The average Bonchev–Trinajstić information content (AvgIpc) is 2.00. The predicted molar refractivity (Wildman–Crippen MR) is 60.4 cm³/mol. The zero-order valence-corrected chi connectivity index (χ0v) is 10.3. The van der Waals surface area contributed by atoms with Crippen LogP contribution in [0.25, 0.3) is 0 Å². The van der Waals surface area contributed by atoms with Gasteiger partial charge < -0.3 is 10.6 Å². The summed E-state index contributed by atoms with van der Waals surface area (Å²) in [5.74, 6) is -0.221. The predicted octanol–water partition coefficient (Wildman–Crippen LogP) is 1.21. The lowest BCUT2D eigenvalue weighted by atomic mass is 10.1. The fourth-order valence-corrected chi connectivity index (χ4v) is 1.08. The quantitative estimate of drug-likeness (QED) is 0.739. The Balaban J connectivity index is 4.05. The number of amides is 2. The monoisotopic (exact) mass is 214 g/mol. The minimum Gasteiger partial charge on any atom is -0.350 e. The van der Waals surface area contributed by atoms with Crippen molar-refractivity contribution in [2.24, 2.45) is 0 Å². The summed E-state index contributed by atoms with van der Waals surface area (Å²) < 4.78 is 0. The smallest absolute Gasteiger partial charge is 0.242 e. The van der Waals surface area contributed by atoms with Crippen molar-refractivity contribution in [1.82, 2.24) is 10.6 Å². The summed E-state index contributed by atoms with van der Waals surface area (Å²) in [7, 11) is 0. The molecule has 2 N–H and O–H groups in total. The number of hydrogen-bond acceptors (Lipinski definition) is 2. The van der Waals surface area contributed by atoms with Crippen molar-refractivity contribution in [2.45, 2.75) is 59.0 Å². The van der Waals surface area contributed by atoms with Crippen LogP contribution in [0.1, 0.15) is 47.5 Å². The highest BCUT2D eigenvalue weighted by Gasteiger charge is 2.20. The van der Waals surface area contributed by atoms with Crippen LogP contribution >= 0.6 is 0 Å². The van der Waals surface area contributed by atoms with Crippen molar-refractivity contribution in [3.8, 4) is 0 Å².